The Morgan fingerprint density at radius 3 is 2.59 bits per heavy atom. The minimum absolute atomic E-state index is 0.000223. The molecule has 1 heterocycles. The molecule has 27 heavy (non-hydrogen) atoms. The zero-order valence-electron chi connectivity index (χ0n) is 15.1. The molecule has 7 nitrogen and oxygen atoms in total. The van der Waals surface area contributed by atoms with E-state index < -0.39 is 0 Å². The van der Waals surface area contributed by atoms with Gasteiger partial charge in [0, 0.05) is 5.56 Å². The molecule has 0 aliphatic carbocycles. The smallest absolute Gasteiger partial charge is 0.222 e. The van der Waals surface area contributed by atoms with Crippen molar-refractivity contribution in [3.63, 3.8) is 0 Å². The third kappa shape index (κ3) is 3.90. The number of hydrogen-bond donors (Lipinski definition) is 2. The van der Waals surface area contributed by atoms with E-state index in [4.69, 9.17) is 20.9 Å². The van der Waals surface area contributed by atoms with Crippen LogP contribution in [0.2, 0.25) is 0 Å². The van der Waals surface area contributed by atoms with Gasteiger partial charge in [0.05, 0.1) is 12.8 Å². The van der Waals surface area contributed by atoms with Crippen molar-refractivity contribution < 1.29 is 9.47 Å². The number of hydrogen-bond acceptors (Lipinski definition) is 7. The molecule has 0 saturated heterocycles. The molecular formula is C20H19N5O2. The maximum atomic E-state index is 9.36. The number of nitrogens with two attached hydrogens (primary N) is 2. The van der Waals surface area contributed by atoms with Crippen LogP contribution in [-0.2, 0) is 6.61 Å². The number of nitrogens with zero attached hydrogens (tertiary/aromatic N) is 3. The van der Waals surface area contributed by atoms with E-state index >= 15 is 0 Å². The van der Waals surface area contributed by atoms with Crippen molar-refractivity contribution in [1.82, 2.24) is 9.97 Å². The SMILES string of the molecule is COc1cc(-c2nc(N)nc(N)c2C#N)ccc1OCc1cccc(C)c1. The minimum atomic E-state index is 0.000223. The van der Waals surface area contributed by atoms with E-state index in [9.17, 15) is 5.26 Å². The Morgan fingerprint density at radius 1 is 1.07 bits per heavy atom. The van der Waals surface area contributed by atoms with E-state index in [1.165, 1.54) is 5.56 Å². The molecule has 0 aliphatic rings. The van der Waals surface area contributed by atoms with Crippen molar-refractivity contribution in [1.29, 1.82) is 5.26 Å². The van der Waals surface area contributed by atoms with Crippen LogP contribution in [0.25, 0.3) is 11.3 Å². The summed E-state index contributed by atoms with van der Waals surface area (Å²) < 4.78 is 11.3. The van der Waals surface area contributed by atoms with Crippen molar-refractivity contribution in [2.75, 3.05) is 18.6 Å². The highest BCUT2D eigenvalue weighted by Crippen LogP contribution is 2.34. The van der Waals surface area contributed by atoms with Gasteiger partial charge in [-0.15, -0.1) is 0 Å². The third-order valence-electron chi connectivity index (χ3n) is 3.98. The number of nitrogen functional groups attached to an aromatic ring is 2. The quantitative estimate of drug-likeness (QED) is 0.716. The number of ether oxygens (including phenoxy) is 2. The number of benzene rings is 2. The Hall–Kier alpha value is -3.79. The highest BCUT2D eigenvalue weighted by Gasteiger charge is 2.15. The van der Waals surface area contributed by atoms with Crippen LogP contribution in [0.4, 0.5) is 11.8 Å². The van der Waals surface area contributed by atoms with Gasteiger partial charge < -0.3 is 20.9 Å². The lowest BCUT2D eigenvalue weighted by Crippen LogP contribution is -2.05. The van der Waals surface area contributed by atoms with Gasteiger partial charge in [-0.2, -0.15) is 10.2 Å². The first-order valence-electron chi connectivity index (χ1n) is 8.21. The van der Waals surface area contributed by atoms with Crippen LogP contribution < -0.4 is 20.9 Å². The predicted molar refractivity (Wildman–Crippen MR) is 103 cm³/mol. The van der Waals surface area contributed by atoms with Crippen LogP contribution in [0, 0.1) is 18.3 Å². The maximum Gasteiger partial charge on any atom is 0.222 e. The summed E-state index contributed by atoms with van der Waals surface area (Å²) in [4.78, 5) is 7.98. The largest absolute Gasteiger partial charge is 0.493 e. The first-order valence-corrected chi connectivity index (χ1v) is 8.21. The second-order valence-corrected chi connectivity index (χ2v) is 5.95. The number of anilines is 2. The van der Waals surface area contributed by atoms with Gasteiger partial charge in [0.2, 0.25) is 5.95 Å². The molecule has 0 bridgehead atoms. The van der Waals surface area contributed by atoms with E-state index in [2.05, 4.69) is 16.0 Å². The van der Waals surface area contributed by atoms with Gasteiger partial charge in [0.15, 0.2) is 11.5 Å². The third-order valence-corrected chi connectivity index (χ3v) is 3.98. The molecule has 1 aromatic heterocycles. The normalized spacial score (nSPS) is 10.3. The average molecular weight is 361 g/mol. The van der Waals surface area contributed by atoms with Crippen LogP contribution in [0.3, 0.4) is 0 Å². The fraction of sp³-hybridized carbons (Fsp3) is 0.150. The summed E-state index contributed by atoms with van der Waals surface area (Å²) in [7, 11) is 1.55. The van der Waals surface area contributed by atoms with Crippen molar-refractivity contribution in [3.8, 4) is 28.8 Å². The summed E-state index contributed by atoms with van der Waals surface area (Å²) in [6, 6.07) is 15.4. The molecule has 3 rings (SSSR count). The van der Waals surface area contributed by atoms with Gasteiger partial charge in [-0.3, -0.25) is 0 Å². The number of aryl methyl sites for hydroxylation is 1. The van der Waals surface area contributed by atoms with E-state index in [1.807, 2.05) is 31.2 Å². The van der Waals surface area contributed by atoms with E-state index in [-0.39, 0.29) is 17.3 Å². The lowest BCUT2D eigenvalue weighted by molar-refractivity contribution is 0.284. The van der Waals surface area contributed by atoms with Gasteiger partial charge in [-0.1, -0.05) is 29.8 Å². The highest BCUT2D eigenvalue weighted by molar-refractivity contribution is 5.74. The summed E-state index contributed by atoms with van der Waals surface area (Å²) in [5, 5.41) is 9.36. The summed E-state index contributed by atoms with van der Waals surface area (Å²) >= 11 is 0. The summed E-state index contributed by atoms with van der Waals surface area (Å²) in [5.41, 5.74) is 14.8. The Labute approximate surface area is 157 Å². The van der Waals surface area contributed by atoms with Gasteiger partial charge in [-0.25, -0.2) is 4.98 Å². The topological polar surface area (TPSA) is 120 Å². The fourth-order valence-electron chi connectivity index (χ4n) is 2.71. The van der Waals surface area contributed by atoms with Crippen LogP contribution in [0.15, 0.2) is 42.5 Å². The number of methoxy groups -OCH3 is 1. The zero-order chi connectivity index (χ0) is 19.4. The molecule has 0 spiro atoms. The molecule has 2 aromatic carbocycles. The van der Waals surface area contributed by atoms with E-state index in [0.717, 1.165) is 5.56 Å². The predicted octanol–water partition coefficient (Wildman–Crippen LogP) is 3.08. The first-order chi connectivity index (χ1) is 13.0. The van der Waals surface area contributed by atoms with E-state index in [1.54, 1.807) is 25.3 Å². The molecule has 0 atom stereocenters. The monoisotopic (exact) mass is 361 g/mol. The molecule has 0 unspecified atom stereocenters. The summed E-state index contributed by atoms with van der Waals surface area (Å²) in [5.74, 6) is 1.13. The van der Waals surface area contributed by atoms with Crippen molar-refractivity contribution >= 4 is 11.8 Å². The lowest BCUT2D eigenvalue weighted by atomic mass is 10.1. The number of aromatic nitrogens is 2. The Bertz CT molecular complexity index is 1030. The molecule has 4 N–H and O–H groups in total. The summed E-state index contributed by atoms with van der Waals surface area (Å²) in [6.07, 6.45) is 0. The molecule has 0 aliphatic heterocycles. The molecule has 136 valence electrons. The fourth-order valence-corrected chi connectivity index (χ4v) is 2.71. The Kier molecular flexibility index (Phi) is 5.08. The highest BCUT2D eigenvalue weighted by atomic mass is 16.5. The van der Waals surface area contributed by atoms with Crippen LogP contribution >= 0.6 is 0 Å². The van der Waals surface area contributed by atoms with Crippen LogP contribution in [-0.4, -0.2) is 17.1 Å². The molecule has 0 fully saturated rings. The van der Waals surface area contributed by atoms with Gasteiger partial charge in [0.25, 0.3) is 0 Å². The number of rotatable bonds is 5. The van der Waals surface area contributed by atoms with Crippen LogP contribution in [0.1, 0.15) is 16.7 Å². The van der Waals surface area contributed by atoms with Gasteiger partial charge in [-0.05, 0) is 30.7 Å². The Morgan fingerprint density at radius 2 is 1.89 bits per heavy atom. The van der Waals surface area contributed by atoms with Crippen molar-refractivity contribution in [2.45, 2.75) is 13.5 Å². The lowest BCUT2D eigenvalue weighted by Gasteiger charge is -2.13. The van der Waals surface area contributed by atoms with E-state index in [0.29, 0.717) is 29.4 Å². The second-order valence-electron chi connectivity index (χ2n) is 5.95. The average Bonchev–Trinajstić information content (AvgIpc) is 2.65. The van der Waals surface area contributed by atoms with Gasteiger partial charge in [0.1, 0.15) is 24.1 Å². The molecule has 0 saturated carbocycles. The molecular weight excluding hydrogens is 342 g/mol. The minimum Gasteiger partial charge on any atom is -0.493 e. The maximum absolute atomic E-state index is 9.36. The molecule has 7 heteroatoms. The number of nitriles is 1. The standard InChI is InChI=1S/C20H19N5O2/c1-12-4-3-5-13(8-12)11-27-16-7-6-14(9-17(16)26-2)18-15(10-21)19(22)25-20(23)24-18/h3-9H,11H2,1-2H3,(H4,22,23,24,25). The second kappa shape index (κ2) is 7.62. The zero-order valence-corrected chi connectivity index (χ0v) is 15.1. The molecule has 0 radical (unpaired) electrons. The van der Waals surface area contributed by atoms with Crippen molar-refractivity contribution in [2.24, 2.45) is 0 Å². The van der Waals surface area contributed by atoms with Gasteiger partial charge >= 0.3 is 0 Å². The van der Waals surface area contributed by atoms with Crippen LogP contribution in [0.5, 0.6) is 11.5 Å². The first kappa shape index (κ1) is 18.0. The molecule has 3 aromatic rings. The van der Waals surface area contributed by atoms with Crippen molar-refractivity contribution in [3.05, 3.63) is 59.2 Å². The molecule has 0 amide bonds. The summed E-state index contributed by atoms with van der Waals surface area (Å²) in [6.45, 7) is 2.44. The Balaban J connectivity index is 1.92.